The normalized spacial score (nSPS) is 22.6. The van der Waals surface area contributed by atoms with Crippen LogP contribution in [0.5, 0.6) is 0 Å². The third-order valence-corrected chi connectivity index (χ3v) is 3.42. The van der Waals surface area contributed by atoms with Crippen LogP contribution in [0.15, 0.2) is 12.1 Å². The van der Waals surface area contributed by atoms with E-state index in [9.17, 15) is 0 Å². The van der Waals surface area contributed by atoms with Crippen molar-refractivity contribution in [1.82, 2.24) is 4.98 Å². The van der Waals surface area contributed by atoms with Crippen LogP contribution in [0.3, 0.4) is 0 Å². The molecule has 1 unspecified atom stereocenters. The summed E-state index contributed by atoms with van der Waals surface area (Å²) in [4.78, 5) is 7.05. The minimum absolute atomic E-state index is 0.134. The van der Waals surface area contributed by atoms with E-state index in [0.717, 1.165) is 36.6 Å². The molecule has 1 atom stereocenters. The van der Waals surface area contributed by atoms with Gasteiger partial charge in [0, 0.05) is 25.3 Å². The minimum atomic E-state index is -0.134. The minimum Gasteiger partial charge on any atom is -0.369 e. The first-order chi connectivity index (χ1) is 8.93. The molecule has 4 heteroatoms. The highest BCUT2D eigenvalue weighted by atomic mass is 16.5. The van der Waals surface area contributed by atoms with Gasteiger partial charge in [0.1, 0.15) is 5.82 Å². The number of nitrogens with zero attached hydrogens (tertiary/aromatic N) is 2. The van der Waals surface area contributed by atoms with Crippen molar-refractivity contribution >= 4 is 5.82 Å². The molecule has 1 fully saturated rings. The Labute approximate surface area is 116 Å². The molecule has 0 radical (unpaired) electrons. The average Bonchev–Trinajstić information content (AvgIpc) is 2.35. The second-order valence-electron chi connectivity index (χ2n) is 5.95. The SMILES string of the molecule is CCc1cc(CN)cc(N2CC(C)OC(C)(C)C2)n1. The zero-order valence-electron chi connectivity index (χ0n) is 12.4. The van der Waals surface area contributed by atoms with Crippen LogP contribution in [-0.2, 0) is 17.7 Å². The summed E-state index contributed by atoms with van der Waals surface area (Å²) in [5, 5.41) is 0. The zero-order valence-corrected chi connectivity index (χ0v) is 12.4. The molecule has 0 amide bonds. The zero-order chi connectivity index (χ0) is 14.0. The van der Waals surface area contributed by atoms with E-state index < -0.39 is 0 Å². The van der Waals surface area contributed by atoms with Crippen LogP contribution < -0.4 is 10.6 Å². The number of rotatable bonds is 3. The van der Waals surface area contributed by atoms with Crippen molar-refractivity contribution in [2.45, 2.75) is 52.4 Å². The molecule has 1 saturated heterocycles. The van der Waals surface area contributed by atoms with E-state index in [0.29, 0.717) is 6.54 Å². The van der Waals surface area contributed by atoms with Gasteiger partial charge in [-0.1, -0.05) is 6.92 Å². The van der Waals surface area contributed by atoms with Crippen molar-refractivity contribution in [3.63, 3.8) is 0 Å². The summed E-state index contributed by atoms with van der Waals surface area (Å²) < 4.78 is 5.94. The number of ether oxygens (including phenoxy) is 1. The standard InChI is InChI=1S/C15H25N3O/c1-5-13-6-12(8-16)7-14(17-13)18-9-11(2)19-15(3,4)10-18/h6-7,11H,5,8-10,16H2,1-4H3. The van der Waals surface area contributed by atoms with Crippen molar-refractivity contribution in [3.05, 3.63) is 23.4 Å². The van der Waals surface area contributed by atoms with Crippen LogP contribution in [0.1, 0.15) is 39.0 Å². The quantitative estimate of drug-likeness (QED) is 0.907. The molecular formula is C15H25N3O. The Kier molecular flexibility index (Phi) is 4.11. The van der Waals surface area contributed by atoms with Crippen molar-refractivity contribution < 1.29 is 4.74 Å². The molecule has 1 aliphatic rings. The maximum absolute atomic E-state index is 5.94. The Bertz CT molecular complexity index is 423. The summed E-state index contributed by atoms with van der Waals surface area (Å²) in [6.45, 7) is 10.8. The highest BCUT2D eigenvalue weighted by Crippen LogP contribution is 2.25. The van der Waals surface area contributed by atoms with Crippen molar-refractivity contribution in [3.8, 4) is 0 Å². The van der Waals surface area contributed by atoms with Gasteiger partial charge in [0.05, 0.1) is 11.7 Å². The van der Waals surface area contributed by atoms with Gasteiger partial charge in [0.15, 0.2) is 0 Å². The smallest absolute Gasteiger partial charge is 0.129 e. The number of pyridine rings is 1. The monoisotopic (exact) mass is 263 g/mol. The van der Waals surface area contributed by atoms with Crippen molar-refractivity contribution in [2.24, 2.45) is 5.73 Å². The second kappa shape index (κ2) is 5.47. The molecule has 1 aromatic rings. The molecule has 0 aliphatic carbocycles. The Morgan fingerprint density at radius 1 is 1.47 bits per heavy atom. The third kappa shape index (κ3) is 3.45. The fourth-order valence-corrected chi connectivity index (χ4v) is 2.72. The molecule has 1 aliphatic heterocycles. The summed E-state index contributed by atoms with van der Waals surface area (Å²) >= 11 is 0. The number of aromatic nitrogens is 1. The number of nitrogens with two attached hydrogens (primary N) is 1. The van der Waals surface area contributed by atoms with E-state index in [2.05, 4.69) is 44.7 Å². The first-order valence-electron chi connectivity index (χ1n) is 7.06. The van der Waals surface area contributed by atoms with E-state index in [1.807, 2.05) is 0 Å². The fourth-order valence-electron chi connectivity index (χ4n) is 2.72. The summed E-state index contributed by atoms with van der Waals surface area (Å²) in [7, 11) is 0. The van der Waals surface area contributed by atoms with Gasteiger partial charge in [0.2, 0.25) is 0 Å². The Hall–Kier alpha value is -1.13. The lowest BCUT2D eigenvalue weighted by Crippen LogP contribution is -2.52. The van der Waals surface area contributed by atoms with E-state index >= 15 is 0 Å². The number of hydrogen-bond donors (Lipinski definition) is 1. The summed E-state index contributed by atoms with van der Waals surface area (Å²) in [6.07, 6.45) is 1.15. The molecule has 1 aromatic heterocycles. The first-order valence-corrected chi connectivity index (χ1v) is 7.06. The molecule has 106 valence electrons. The molecule has 0 saturated carbocycles. The maximum Gasteiger partial charge on any atom is 0.129 e. The molecule has 19 heavy (non-hydrogen) atoms. The van der Waals surface area contributed by atoms with E-state index in [1.54, 1.807) is 0 Å². The molecule has 0 bridgehead atoms. The molecular weight excluding hydrogens is 238 g/mol. The van der Waals surface area contributed by atoms with Crippen LogP contribution >= 0.6 is 0 Å². The largest absolute Gasteiger partial charge is 0.369 e. The summed E-state index contributed by atoms with van der Waals surface area (Å²) in [5.41, 5.74) is 7.91. The average molecular weight is 263 g/mol. The van der Waals surface area contributed by atoms with Gasteiger partial charge in [-0.2, -0.15) is 0 Å². The van der Waals surface area contributed by atoms with E-state index in [1.165, 1.54) is 0 Å². The Morgan fingerprint density at radius 2 is 2.21 bits per heavy atom. The fraction of sp³-hybridized carbons (Fsp3) is 0.667. The molecule has 2 N–H and O–H groups in total. The van der Waals surface area contributed by atoms with Crippen LogP contribution in [0.4, 0.5) is 5.82 Å². The number of hydrogen-bond acceptors (Lipinski definition) is 4. The van der Waals surface area contributed by atoms with E-state index in [-0.39, 0.29) is 11.7 Å². The highest BCUT2D eigenvalue weighted by Gasteiger charge is 2.32. The van der Waals surface area contributed by atoms with E-state index in [4.69, 9.17) is 15.5 Å². The molecule has 2 rings (SSSR count). The van der Waals surface area contributed by atoms with Gasteiger partial charge in [-0.05, 0) is 44.9 Å². The summed E-state index contributed by atoms with van der Waals surface area (Å²) in [6, 6.07) is 4.20. The van der Waals surface area contributed by atoms with Gasteiger partial charge in [0.25, 0.3) is 0 Å². The maximum atomic E-state index is 5.94. The number of anilines is 1. The molecule has 4 nitrogen and oxygen atoms in total. The van der Waals surface area contributed by atoms with Crippen molar-refractivity contribution in [1.29, 1.82) is 0 Å². The van der Waals surface area contributed by atoms with Gasteiger partial charge < -0.3 is 15.4 Å². The predicted molar refractivity (Wildman–Crippen MR) is 78.3 cm³/mol. The van der Waals surface area contributed by atoms with Crippen LogP contribution in [-0.4, -0.2) is 29.8 Å². The summed E-state index contributed by atoms with van der Waals surface area (Å²) in [5.74, 6) is 1.03. The Morgan fingerprint density at radius 3 is 2.79 bits per heavy atom. The topological polar surface area (TPSA) is 51.4 Å². The molecule has 0 aromatic carbocycles. The number of morpholine rings is 1. The van der Waals surface area contributed by atoms with Gasteiger partial charge in [-0.3, -0.25) is 0 Å². The van der Waals surface area contributed by atoms with Crippen LogP contribution in [0.25, 0.3) is 0 Å². The predicted octanol–water partition coefficient (Wildman–Crippen LogP) is 2.11. The molecule has 0 spiro atoms. The van der Waals surface area contributed by atoms with Crippen LogP contribution in [0.2, 0.25) is 0 Å². The lowest BCUT2D eigenvalue weighted by atomic mass is 10.1. The highest BCUT2D eigenvalue weighted by molar-refractivity contribution is 5.44. The van der Waals surface area contributed by atoms with Gasteiger partial charge >= 0.3 is 0 Å². The number of aryl methyl sites for hydroxylation is 1. The lowest BCUT2D eigenvalue weighted by molar-refractivity contribution is -0.0751. The van der Waals surface area contributed by atoms with Gasteiger partial charge in [-0.15, -0.1) is 0 Å². The molecule has 2 heterocycles. The van der Waals surface area contributed by atoms with Crippen LogP contribution in [0, 0.1) is 0 Å². The van der Waals surface area contributed by atoms with Crippen molar-refractivity contribution in [2.75, 3.05) is 18.0 Å². The first kappa shape index (κ1) is 14.3. The lowest BCUT2D eigenvalue weighted by Gasteiger charge is -2.42. The van der Waals surface area contributed by atoms with Gasteiger partial charge in [-0.25, -0.2) is 4.98 Å². The third-order valence-electron chi connectivity index (χ3n) is 3.42. The Balaban J connectivity index is 2.29. The second-order valence-corrected chi connectivity index (χ2v) is 5.95.